The Morgan fingerprint density at radius 3 is 2.58 bits per heavy atom. The molecule has 2 aliphatic rings. The molecule has 36 heavy (non-hydrogen) atoms. The normalized spacial score (nSPS) is 16.3. The first-order valence-electron chi connectivity index (χ1n) is 12.4. The molecule has 0 radical (unpaired) electrons. The number of piperidine rings is 1. The highest BCUT2D eigenvalue weighted by molar-refractivity contribution is 5.86. The molecular formula is C29H31N7. The highest BCUT2D eigenvalue weighted by atomic mass is 15.3. The smallest absolute Gasteiger partial charge is 0.157 e. The molecule has 3 aromatic heterocycles. The van der Waals surface area contributed by atoms with Crippen LogP contribution < -0.4 is 4.90 Å². The number of fused-ring (bicyclic) bond motifs is 4. The van der Waals surface area contributed by atoms with Gasteiger partial charge in [-0.05, 0) is 55.0 Å². The number of hydrogen-bond donors (Lipinski definition) is 0. The monoisotopic (exact) mass is 477 g/mol. The molecular weight excluding hydrogens is 446 g/mol. The number of anilines is 1. The second kappa shape index (κ2) is 9.97. The third-order valence-corrected chi connectivity index (χ3v) is 7.52. The SMILES string of the molecule is C.N#Cc1c2c(c(N3CCC(C#N)CC3)n3c1nc1ccccc13)CN(CCc1cccnc1)CC2. The van der Waals surface area contributed by atoms with Crippen LogP contribution >= 0.6 is 0 Å². The standard InChI is InChI=1S/C28H27N7.CH4/c29-16-20-8-14-34(15-9-20)28-24-19-33(12-7-21-4-3-11-31-18-21)13-10-22(24)23(17-30)27-32-25-5-1-2-6-26(25)35(27)28;/h1-6,11,18,20H,7-10,12-15,19H2;1H4. The van der Waals surface area contributed by atoms with Gasteiger partial charge in [0, 0.05) is 56.6 Å². The number of benzene rings is 1. The summed E-state index contributed by atoms with van der Waals surface area (Å²) in [5, 5.41) is 19.7. The highest BCUT2D eigenvalue weighted by Gasteiger charge is 2.31. The molecule has 0 amide bonds. The Kier molecular flexibility index (Phi) is 6.59. The van der Waals surface area contributed by atoms with E-state index in [9.17, 15) is 10.5 Å². The number of aromatic nitrogens is 3. The van der Waals surface area contributed by atoms with Crippen molar-refractivity contribution in [2.24, 2.45) is 5.92 Å². The Balaban J connectivity index is 0.00000267. The lowest BCUT2D eigenvalue weighted by Crippen LogP contribution is -2.39. The van der Waals surface area contributed by atoms with Gasteiger partial charge < -0.3 is 4.90 Å². The number of hydrogen-bond acceptors (Lipinski definition) is 6. The molecule has 2 aliphatic heterocycles. The van der Waals surface area contributed by atoms with E-state index in [-0.39, 0.29) is 13.3 Å². The van der Waals surface area contributed by atoms with Crippen LogP contribution in [0.2, 0.25) is 0 Å². The zero-order chi connectivity index (χ0) is 23.8. The molecule has 0 bridgehead atoms. The largest absolute Gasteiger partial charge is 0.357 e. The Hall–Kier alpha value is -3.94. The van der Waals surface area contributed by atoms with E-state index in [1.54, 1.807) is 0 Å². The minimum absolute atomic E-state index is 0. The van der Waals surface area contributed by atoms with Crippen LogP contribution in [0.5, 0.6) is 0 Å². The summed E-state index contributed by atoms with van der Waals surface area (Å²) in [5.41, 5.74) is 7.04. The van der Waals surface area contributed by atoms with Crippen molar-refractivity contribution in [3.05, 3.63) is 71.0 Å². The first-order valence-corrected chi connectivity index (χ1v) is 12.4. The van der Waals surface area contributed by atoms with Crippen LogP contribution in [0.1, 0.15) is 42.5 Å². The number of nitriles is 2. The van der Waals surface area contributed by atoms with E-state index < -0.39 is 0 Å². The molecule has 0 N–H and O–H groups in total. The van der Waals surface area contributed by atoms with Gasteiger partial charge in [-0.3, -0.25) is 14.3 Å². The summed E-state index contributed by atoms with van der Waals surface area (Å²) >= 11 is 0. The van der Waals surface area contributed by atoms with Crippen molar-refractivity contribution in [2.75, 3.05) is 31.1 Å². The van der Waals surface area contributed by atoms with Crippen LogP contribution in [0.25, 0.3) is 16.7 Å². The fourth-order valence-electron chi connectivity index (χ4n) is 5.67. The lowest BCUT2D eigenvalue weighted by Gasteiger charge is -2.37. The van der Waals surface area contributed by atoms with E-state index >= 15 is 0 Å². The molecule has 0 unspecified atom stereocenters. The van der Waals surface area contributed by atoms with E-state index in [1.807, 2.05) is 36.7 Å². The Morgan fingerprint density at radius 2 is 1.83 bits per heavy atom. The van der Waals surface area contributed by atoms with E-state index in [4.69, 9.17) is 4.98 Å². The first-order chi connectivity index (χ1) is 17.3. The van der Waals surface area contributed by atoms with Crippen molar-refractivity contribution in [3.63, 3.8) is 0 Å². The maximum Gasteiger partial charge on any atom is 0.157 e. The van der Waals surface area contributed by atoms with Gasteiger partial charge in [0.25, 0.3) is 0 Å². The summed E-state index contributed by atoms with van der Waals surface area (Å²) in [5.74, 6) is 1.27. The maximum absolute atomic E-state index is 10.2. The number of pyridine rings is 2. The van der Waals surface area contributed by atoms with Crippen LogP contribution in [0, 0.1) is 28.6 Å². The quantitative estimate of drug-likeness (QED) is 0.422. The van der Waals surface area contributed by atoms with Gasteiger partial charge in [0.15, 0.2) is 5.65 Å². The molecule has 182 valence electrons. The van der Waals surface area contributed by atoms with Gasteiger partial charge in [0.1, 0.15) is 11.9 Å². The van der Waals surface area contributed by atoms with Crippen molar-refractivity contribution in [3.8, 4) is 12.1 Å². The molecule has 4 aromatic rings. The number of rotatable bonds is 4. The van der Waals surface area contributed by atoms with Crippen LogP contribution in [0.3, 0.4) is 0 Å². The van der Waals surface area contributed by atoms with Gasteiger partial charge in [-0.25, -0.2) is 4.98 Å². The predicted octanol–water partition coefficient (Wildman–Crippen LogP) is 4.73. The van der Waals surface area contributed by atoms with E-state index in [2.05, 4.69) is 43.5 Å². The third kappa shape index (κ3) is 4.06. The molecule has 0 saturated carbocycles. The maximum atomic E-state index is 10.2. The van der Waals surface area contributed by atoms with Gasteiger partial charge in [0.2, 0.25) is 0 Å². The lowest BCUT2D eigenvalue weighted by atomic mass is 9.93. The van der Waals surface area contributed by atoms with Gasteiger partial charge in [-0.15, -0.1) is 0 Å². The average Bonchev–Trinajstić information content (AvgIpc) is 3.30. The van der Waals surface area contributed by atoms with Crippen molar-refractivity contribution in [2.45, 2.75) is 39.7 Å². The van der Waals surface area contributed by atoms with E-state index in [1.165, 1.54) is 11.1 Å². The molecule has 7 heteroatoms. The van der Waals surface area contributed by atoms with Crippen molar-refractivity contribution in [1.82, 2.24) is 19.3 Å². The Bertz CT molecular complexity index is 1470. The second-order valence-electron chi connectivity index (χ2n) is 9.55. The summed E-state index contributed by atoms with van der Waals surface area (Å²) in [6, 6.07) is 17.2. The Morgan fingerprint density at radius 1 is 1.00 bits per heavy atom. The van der Waals surface area contributed by atoms with E-state index in [0.29, 0.717) is 5.56 Å². The zero-order valence-electron chi connectivity index (χ0n) is 19.7. The fourth-order valence-corrected chi connectivity index (χ4v) is 5.67. The molecule has 5 heterocycles. The lowest BCUT2D eigenvalue weighted by molar-refractivity contribution is 0.256. The van der Waals surface area contributed by atoms with Crippen LogP contribution in [-0.2, 0) is 19.4 Å². The zero-order valence-corrected chi connectivity index (χ0v) is 19.7. The molecule has 1 fully saturated rings. The van der Waals surface area contributed by atoms with Crippen molar-refractivity contribution in [1.29, 1.82) is 10.5 Å². The predicted molar refractivity (Wildman–Crippen MR) is 142 cm³/mol. The summed E-state index contributed by atoms with van der Waals surface area (Å²) in [7, 11) is 0. The summed E-state index contributed by atoms with van der Waals surface area (Å²) in [4.78, 5) is 14.1. The summed E-state index contributed by atoms with van der Waals surface area (Å²) < 4.78 is 2.21. The summed E-state index contributed by atoms with van der Waals surface area (Å²) in [6.07, 6.45) is 7.28. The molecule has 1 saturated heterocycles. The molecule has 7 nitrogen and oxygen atoms in total. The van der Waals surface area contributed by atoms with Crippen LogP contribution in [0.4, 0.5) is 5.82 Å². The molecule has 0 aliphatic carbocycles. The second-order valence-corrected chi connectivity index (χ2v) is 9.55. The number of nitrogens with zero attached hydrogens (tertiary/aromatic N) is 7. The molecule has 1 aromatic carbocycles. The molecule has 6 rings (SSSR count). The van der Waals surface area contributed by atoms with Gasteiger partial charge >= 0.3 is 0 Å². The van der Waals surface area contributed by atoms with Gasteiger partial charge in [0.05, 0.1) is 22.7 Å². The highest BCUT2D eigenvalue weighted by Crippen LogP contribution is 2.38. The topological polar surface area (TPSA) is 84.2 Å². The third-order valence-electron chi connectivity index (χ3n) is 7.52. The van der Waals surface area contributed by atoms with Crippen molar-refractivity contribution < 1.29 is 0 Å². The van der Waals surface area contributed by atoms with Crippen LogP contribution in [0.15, 0.2) is 48.8 Å². The summed E-state index contributed by atoms with van der Waals surface area (Å²) in [6.45, 7) is 4.36. The van der Waals surface area contributed by atoms with Crippen molar-refractivity contribution >= 4 is 22.5 Å². The van der Waals surface area contributed by atoms with Crippen LogP contribution in [-0.4, -0.2) is 45.4 Å². The molecule has 0 spiro atoms. The number of imidazole rings is 1. The van der Waals surface area contributed by atoms with E-state index in [0.717, 1.165) is 86.5 Å². The Labute approximate surface area is 212 Å². The fraction of sp³-hybridized carbons (Fsp3) is 0.379. The minimum atomic E-state index is 0. The molecule has 0 atom stereocenters. The van der Waals surface area contributed by atoms with Gasteiger partial charge in [-0.2, -0.15) is 10.5 Å². The first kappa shape index (κ1) is 23.8. The van der Waals surface area contributed by atoms with Gasteiger partial charge in [-0.1, -0.05) is 25.6 Å². The minimum Gasteiger partial charge on any atom is -0.357 e. The number of para-hydroxylation sites is 2. The average molecular weight is 478 g/mol.